The molecule has 0 unspecified atom stereocenters. The van der Waals surface area contributed by atoms with Crippen molar-refractivity contribution >= 4 is 22.9 Å². The van der Waals surface area contributed by atoms with Crippen LogP contribution in [0.5, 0.6) is 0 Å². The lowest BCUT2D eigenvalue weighted by molar-refractivity contribution is -0.240. The maximum absolute atomic E-state index is 14.5. The lowest BCUT2D eigenvalue weighted by Crippen LogP contribution is -2.49. The van der Waals surface area contributed by atoms with E-state index < -0.39 is 50.7 Å². The zero-order chi connectivity index (χ0) is 21.3. The van der Waals surface area contributed by atoms with Crippen molar-refractivity contribution in [2.45, 2.75) is 70.5 Å². The number of cyclic esters (lactones) is 2. The van der Waals surface area contributed by atoms with Crippen LogP contribution in [0.25, 0.3) is 0 Å². The van der Waals surface area contributed by atoms with Gasteiger partial charge in [0.25, 0.3) is 5.79 Å². The van der Waals surface area contributed by atoms with Crippen LogP contribution in [0.4, 0.5) is 4.39 Å². The summed E-state index contributed by atoms with van der Waals surface area (Å²) in [6.07, 6.45) is 0.234. The van der Waals surface area contributed by atoms with Crippen LogP contribution >= 0.6 is 0 Å². The number of halogens is 1. The Labute approximate surface area is 167 Å². The van der Waals surface area contributed by atoms with Crippen LogP contribution in [-0.2, 0) is 35.6 Å². The number of benzene rings is 1. The van der Waals surface area contributed by atoms with Gasteiger partial charge in [0.2, 0.25) is 0 Å². The van der Waals surface area contributed by atoms with Crippen LogP contribution in [0.3, 0.4) is 0 Å². The highest BCUT2D eigenvalue weighted by Crippen LogP contribution is 2.34. The van der Waals surface area contributed by atoms with E-state index >= 15 is 0 Å². The lowest BCUT2D eigenvalue weighted by atomic mass is 9.85. The van der Waals surface area contributed by atoms with Crippen molar-refractivity contribution in [3.8, 4) is 0 Å². The van der Waals surface area contributed by atoms with Gasteiger partial charge in [0, 0.05) is 19.4 Å². The molecule has 156 valence electrons. The monoisotopic (exact) mass is 413 g/mol. The first-order valence-corrected chi connectivity index (χ1v) is 10.3. The van der Waals surface area contributed by atoms with Crippen LogP contribution in [-0.4, -0.2) is 26.7 Å². The summed E-state index contributed by atoms with van der Waals surface area (Å²) >= 11 is 0. The molecular weight excluding hydrogens is 385 g/mol. The number of nitrogens with one attached hydrogen (secondary N) is 1. The third-order valence-electron chi connectivity index (χ3n) is 4.54. The number of ether oxygens (including phenoxy) is 2. The Morgan fingerprint density at radius 1 is 1.11 bits per heavy atom. The van der Waals surface area contributed by atoms with Crippen LogP contribution in [0, 0.1) is 11.7 Å². The lowest BCUT2D eigenvalue weighted by Gasteiger charge is -2.36. The maximum Gasteiger partial charge on any atom is 0.323 e. The molecule has 0 radical (unpaired) electrons. The molecule has 1 fully saturated rings. The Kier molecular flexibility index (Phi) is 6.35. The van der Waals surface area contributed by atoms with E-state index in [2.05, 4.69) is 4.72 Å². The second kappa shape index (κ2) is 7.91. The molecule has 0 spiro atoms. The van der Waals surface area contributed by atoms with Crippen molar-refractivity contribution in [3.05, 3.63) is 35.6 Å². The van der Waals surface area contributed by atoms with Gasteiger partial charge in [-0.15, -0.1) is 0 Å². The number of carbonyl (C=O) groups is 2. The number of rotatable bonds is 6. The van der Waals surface area contributed by atoms with Crippen molar-refractivity contribution in [1.82, 2.24) is 4.72 Å². The molecule has 0 amide bonds. The summed E-state index contributed by atoms with van der Waals surface area (Å²) in [5, 5.41) is 0. The second-order valence-corrected chi connectivity index (χ2v) is 10.6. The average molecular weight is 414 g/mol. The summed E-state index contributed by atoms with van der Waals surface area (Å²) in [6.45, 7) is 10.1. The van der Waals surface area contributed by atoms with E-state index in [1.54, 1.807) is 45.9 Å². The summed E-state index contributed by atoms with van der Waals surface area (Å²) in [5.74, 6) is -4.21. The molecule has 1 saturated heterocycles. The van der Waals surface area contributed by atoms with Crippen molar-refractivity contribution in [3.63, 3.8) is 0 Å². The van der Waals surface area contributed by atoms with E-state index in [0.717, 1.165) is 0 Å². The summed E-state index contributed by atoms with van der Waals surface area (Å²) < 4.78 is 40.0. The Hall–Kier alpha value is -1.80. The van der Waals surface area contributed by atoms with E-state index in [4.69, 9.17) is 9.47 Å². The van der Waals surface area contributed by atoms with Crippen LogP contribution in [0.2, 0.25) is 0 Å². The Bertz CT molecular complexity index is 769. The molecule has 8 heteroatoms. The molecular formula is C20H28FNO5S. The molecule has 28 heavy (non-hydrogen) atoms. The molecule has 1 aromatic carbocycles. The number of hydrogen-bond donors (Lipinski definition) is 1. The fourth-order valence-corrected chi connectivity index (χ4v) is 3.85. The van der Waals surface area contributed by atoms with Gasteiger partial charge in [0.15, 0.2) is 5.92 Å². The number of hydrogen-bond acceptors (Lipinski definition) is 5. The highest BCUT2D eigenvalue weighted by atomic mass is 32.2. The van der Waals surface area contributed by atoms with E-state index in [1.165, 1.54) is 19.9 Å². The molecule has 1 aromatic rings. The molecule has 2 atom stereocenters. The predicted octanol–water partition coefficient (Wildman–Crippen LogP) is 3.33. The normalized spacial score (nSPS) is 20.8. The summed E-state index contributed by atoms with van der Waals surface area (Å²) in [6, 6.07) is 6.17. The molecule has 1 N–H and O–H groups in total. The molecule has 2 rings (SSSR count). The standard InChI is InChI=1S/C20H28FNO5S/c1-18(2,3)28(25)22-20(6,14-9-7-8-10-15(14)21)12-11-13-16(23)26-19(4,5)27-17(13)24/h7-10,13,22H,11-12H2,1-6H3/t20-,28+/m0/s1. The van der Waals surface area contributed by atoms with E-state index in [0.29, 0.717) is 5.56 Å². The van der Waals surface area contributed by atoms with Crippen molar-refractivity contribution in [1.29, 1.82) is 0 Å². The Balaban J connectivity index is 2.28. The molecule has 0 aliphatic carbocycles. The third kappa shape index (κ3) is 5.17. The van der Waals surface area contributed by atoms with Gasteiger partial charge in [-0.3, -0.25) is 9.59 Å². The number of carbonyl (C=O) groups excluding carboxylic acids is 2. The first-order valence-electron chi connectivity index (χ1n) is 9.16. The largest absolute Gasteiger partial charge is 0.422 e. The fraction of sp³-hybridized carbons (Fsp3) is 0.600. The molecule has 6 nitrogen and oxygen atoms in total. The van der Waals surface area contributed by atoms with Crippen LogP contribution < -0.4 is 4.72 Å². The zero-order valence-electron chi connectivity index (χ0n) is 17.1. The minimum atomic E-state index is -1.50. The van der Waals surface area contributed by atoms with E-state index in [9.17, 15) is 18.2 Å². The molecule has 0 bridgehead atoms. The summed E-state index contributed by atoms with van der Waals surface area (Å²) in [4.78, 5) is 24.5. The van der Waals surface area contributed by atoms with Gasteiger partial charge in [0.1, 0.15) is 5.82 Å². The number of esters is 2. The minimum Gasteiger partial charge on any atom is -0.422 e. The molecule has 0 aromatic heterocycles. The maximum atomic E-state index is 14.5. The van der Waals surface area contributed by atoms with E-state index in [-0.39, 0.29) is 12.8 Å². The summed E-state index contributed by atoms with van der Waals surface area (Å²) in [7, 11) is -1.50. The SMILES string of the molecule is CC1(C)OC(=O)C(CC[C@](C)(N[S@](=O)C(C)(C)C)c2ccccc2F)C(=O)O1. The highest BCUT2D eigenvalue weighted by Gasteiger charge is 2.44. The highest BCUT2D eigenvalue weighted by molar-refractivity contribution is 7.84. The molecule has 1 aliphatic rings. The topological polar surface area (TPSA) is 81.7 Å². The summed E-state index contributed by atoms with van der Waals surface area (Å²) in [5.41, 5.74) is -0.762. The smallest absolute Gasteiger partial charge is 0.323 e. The second-order valence-electron chi connectivity index (χ2n) is 8.63. The average Bonchev–Trinajstić information content (AvgIpc) is 2.52. The van der Waals surface area contributed by atoms with Gasteiger partial charge < -0.3 is 9.47 Å². The van der Waals surface area contributed by atoms with Gasteiger partial charge in [-0.05, 0) is 46.6 Å². The molecule has 1 heterocycles. The minimum absolute atomic E-state index is 0.0624. The van der Waals surface area contributed by atoms with Gasteiger partial charge in [0.05, 0.1) is 21.3 Å². The first-order chi connectivity index (χ1) is 12.8. The van der Waals surface area contributed by atoms with Gasteiger partial charge in [-0.1, -0.05) is 18.2 Å². The third-order valence-corrected chi connectivity index (χ3v) is 6.29. The van der Waals surface area contributed by atoms with Crippen molar-refractivity contribution in [2.75, 3.05) is 0 Å². The van der Waals surface area contributed by atoms with Crippen LogP contribution in [0.1, 0.15) is 59.9 Å². The Morgan fingerprint density at radius 3 is 2.14 bits per heavy atom. The molecule has 0 saturated carbocycles. The predicted molar refractivity (Wildman–Crippen MR) is 104 cm³/mol. The quantitative estimate of drug-likeness (QED) is 0.571. The van der Waals surface area contributed by atoms with Crippen molar-refractivity contribution in [2.24, 2.45) is 5.92 Å². The fourth-order valence-electron chi connectivity index (χ4n) is 2.92. The van der Waals surface area contributed by atoms with Gasteiger partial charge >= 0.3 is 11.9 Å². The van der Waals surface area contributed by atoms with Crippen molar-refractivity contribution < 1.29 is 27.7 Å². The van der Waals surface area contributed by atoms with Gasteiger partial charge in [-0.25, -0.2) is 13.3 Å². The van der Waals surface area contributed by atoms with Crippen LogP contribution in [0.15, 0.2) is 24.3 Å². The van der Waals surface area contributed by atoms with Gasteiger partial charge in [-0.2, -0.15) is 0 Å². The first kappa shape index (κ1) is 22.5. The zero-order valence-corrected chi connectivity index (χ0v) is 17.9. The van der Waals surface area contributed by atoms with E-state index in [1.807, 2.05) is 0 Å². The molecule has 1 aliphatic heterocycles. The Morgan fingerprint density at radius 2 is 1.64 bits per heavy atom.